The van der Waals surface area contributed by atoms with Gasteiger partial charge in [0.1, 0.15) is 0 Å². The van der Waals surface area contributed by atoms with E-state index in [4.69, 9.17) is 0 Å². The van der Waals surface area contributed by atoms with Crippen molar-refractivity contribution in [1.29, 1.82) is 0 Å². The summed E-state index contributed by atoms with van der Waals surface area (Å²) in [5.41, 5.74) is 0. The number of nitrogens with one attached hydrogen (secondary N) is 1. The maximum absolute atomic E-state index is 3.41. The molecule has 0 rings (SSSR count). The molecule has 0 unspecified atom stereocenters. The van der Waals surface area contributed by atoms with Crippen LogP contribution in [0.3, 0.4) is 0 Å². The van der Waals surface area contributed by atoms with E-state index < -0.39 is 0 Å². The second-order valence-electron chi connectivity index (χ2n) is 2.25. The van der Waals surface area contributed by atoms with E-state index in [0.29, 0.717) is 27.2 Å². The zero-order valence-electron chi connectivity index (χ0n) is 6.58. The Morgan fingerprint density at radius 3 is 2.56 bits per heavy atom. The minimum absolute atomic E-state index is 0.534. The molecule has 0 aliphatic rings. The molecule has 0 aromatic carbocycles. The first-order chi connectivity index (χ1) is 4.27. The standard InChI is InChI=1S/C7H17IN/c1-4-8-5-6-9-7(2)3/h7,9H,4-6H2,1-3H3/q-1. The van der Waals surface area contributed by atoms with Crippen molar-refractivity contribution in [3.05, 3.63) is 0 Å². The average molecular weight is 242 g/mol. The SMILES string of the molecule is CC[I-]CCNC(C)C. The van der Waals surface area contributed by atoms with Gasteiger partial charge in [-0.15, -0.1) is 0 Å². The molecule has 0 radical (unpaired) electrons. The van der Waals surface area contributed by atoms with Gasteiger partial charge in [-0.3, -0.25) is 0 Å². The van der Waals surface area contributed by atoms with Crippen LogP contribution in [0.15, 0.2) is 0 Å². The van der Waals surface area contributed by atoms with Crippen molar-refractivity contribution in [1.82, 2.24) is 5.32 Å². The van der Waals surface area contributed by atoms with Crippen LogP contribution >= 0.6 is 0 Å². The first kappa shape index (κ1) is 9.69. The summed E-state index contributed by atoms with van der Waals surface area (Å²) < 4.78 is 2.87. The number of rotatable bonds is 5. The van der Waals surface area contributed by atoms with Gasteiger partial charge in [-0.1, -0.05) is 0 Å². The predicted molar refractivity (Wildman–Crippen MR) is 38.5 cm³/mol. The molecule has 0 aromatic heterocycles. The van der Waals surface area contributed by atoms with Gasteiger partial charge in [0.05, 0.1) is 0 Å². The van der Waals surface area contributed by atoms with Crippen LogP contribution in [0.4, 0.5) is 0 Å². The topological polar surface area (TPSA) is 12.0 Å². The van der Waals surface area contributed by atoms with Crippen LogP contribution in [0.25, 0.3) is 0 Å². The van der Waals surface area contributed by atoms with E-state index in [1.165, 1.54) is 15.4 Å². The fourth-order valence-corrected chi connectivity index (χ4v) is 2.00. The summed E-state index contributed by atoms with van der Waals surface area (Å²) in [7, 11) is 0. The van der Waals surface area contributed by atoms with Crippen LogP contribution in [0.5, 0.6) is 0 Å². The van der Waals surface area contributed by atoms with Gasteiger partial charge < -0.3 is 0 Å². The van der Waals surface area contributed by atoms with Gasteiger partial charge in [0.2, 0.25) is 0 Å². The first-order valence-corrected chi connectivity index (χ1v) is 6.59. The molecule has 0 bridgehead atoms. The Balaban J connectivity index is 2.75. The van der Waals surface area contributed by atoms with E-state index in [-0.39, 0.29) is 0 Å². The maximum atomic E-state index is 3.41. The normalized spacial score (nSPS) is 11.1. The molecule has 0 saturated heterocycles. The Morgan fingerprint density at radius 2 is 2.11 bits per heavy atom. The van der Waals surface area contributed by atoms with E-state index >= 15 is 0 Å². The molecule has 0 heterocycles. The van der Waals surface area contributed by atoms with Crippen molar-refractivity contribution in [2.45, 2.75) is 26.8 Å². The van der Waals surface area contributed by atoms with E-state index in [1.54, 1.807) is 0 Å². The molecular formula is C7H17IN-. The van der Waals surface area contributed by atoms with Crippen LogP contribution < -0.4 is 26.5 Å². The zero-order valence-corrected chi connectivity index (χ0v) is 8.73. The molecule has 0 aromatic rings. The molecule has 0 saturated carbocycles. The van der Waals surface area contributed by atoms with Gasteiger partial charge in [0.25, 0.3) is 0 Å². The van der Waals surface area contributed by atoms with Crippen LogP contribution in [0.1, 0.15) is 20.8 Å². The van der Waals surface area contributed by atoms with Gasteiger partial charge in [-0.25, -0.2) is 0 Å². The summed E-state index contributed by atoms with van der Waals surface area (Å²) >= 11 is 0.534. The third-order valence-electron chi connectivity index (χ3n) is 0.970. The van der Waals surface area contributed by atoms with Gasteiger partial charge in [-0.05, 0) is 0 Å². The fraction of sp³-hybridized carbons (Fsp3) is 1.00. The van der Waals surface area contributed by atoms with Gasteiger partial charge in [0, 0.05) is 0 Å². The molecule has 0 spiro atoms. The van der Waals surface area contributed by atoms with E-state index in [9.17, 15) is 0 Å². The van der Waals surface area contributed by atoms with Gasteiger partial charge >= 0.3 is 68.7 Å². The van der Waals surface area contributed by atoms with E-state index in [2.05, 4.69) is 26.1 Å². The molecule has 9 heavy (non-hydrogen) atoms. The molecule has 2 heteroatoms. The van der Waals surface area contributed by atoms with Crippen molar-refractivity contribution >= 4 is 0 Å². The van der Waals surface area contributed by atoms with Crippen molar-refractivity contribution < 1.29 is 21.2 Å². The molecule has 0 fully saturated rings. The number of hydrogen-bond acceptors (Lipinski definition) is 1. The Labute approximate surface area is 68.9 Å². The second-order valence-corrected chi connectivity index (χ2v) is 5.94. The summed E-state index contributed by atoms with van der Waals surface area (Å²) in [6, 6.07) is 0.672. The fourth-order valence-electron chi connectivity index (χ4n) is 0.544. The van der Waals surface area contributed by atoms with Crippen molar-refractivity contribution in [2.24, 2.45) is 0 Å². The molecule has 1 nitrogen and oxygen atoms in total. The second kappa shape index (κ2) is 6.81. The van der Waals surface area contributed by atoms with Crippen LogP contribution in [0.2, 0.25) is 0 Å². The summed E-state index contributed by atoms with van der Waals surface area (Å²) in [4.78, 5) is 0. The molecule has 58 valence electrons. The predicted octanol–water partition coefficient (Wildman–Crippen LogP) is -1.91. The number of halogens is 1. The van der Waals surface area contributed by atoms with Crippen LogP contribution in [-0.2, 0) is 0 Å². The zero-order chi connectivity index (χ0) is 7.11. The molecule has 1 N–H and O–H groups in total. The summed E-state index contributed by atoms with van der Waals surface area (Å²) in [6.07, 6.45) is 0. The Morgan fingerprint density at radius 1 is 1.44 bits per heavy atom. The Hall–Kier alpha value is 0.690. The van der Waals surface area contributed by atoms with Crippen LogP contribution in [-0.4, -0.2) is 21.4 Å². The first-order valence-electron chi connectivity index (χ1n) is 3.54. The van der Waals surface area contributed by atoms with Crippen molar-refractivity contribution in [3.63, 3.8) is 0 Å². The quantitative estimate of drug-likeness (QED) is 0.337. The molecule has 0 atom stereocenters. The van der Waals surface area contributed by atoms with E-state index in [1.807, 2.05) is 0 Å². The van der Waals surface area contributed by atoms with Crippen LogP contribution in [0, 0.1) is 0 Å². The van der Waals surface area contributed by atoms with E-state index in [0.717, 1.165) is 0 Å². The third-order valence-corrected chi connectivity index (χ3v) is 3.35. The Kier molecular flexibility index (Phi) is 7.33. The summed E-state index contributed by atoms with van der Waals surface area (Å²) in [5, 5.41) is 3.41. The molecule has 0 aliphatic heterocycles. The minimum atomic E-state index is 0.534. The summed E-state index contributed by atoms with van der Waals surface area (Å²) in [5.74, 6) is 0. The molecule has 0 aliphatic carbocycles. The number of hydrogen-bond donors (Lipinski definition) is 1. The monoisotopic (exact) mass is 242 g/mol. The average Bonchev–Trinajstić information content (AvgIpc) is 1.80. The molecular weight excluding hydrogens is 225 g/mol. The third kappa shape index (κ3) is 8.69. The Bertz CT molecular complexity index is 54.9. The summed E-state index contributed by atoms with van der Waals surface area (Å²) in [6.45, 7) is 7.91. The van der Waals surface area contributed by atoms with Gasteiger partial charge in [-0.2, -0.15) is 0 Å². The van der Waals surface area contributed by atoms with Gasteiger partial charge in [0.15, 0.2) is 0 Å². The number of alkyl halides is 2. The molecule has 0 amide bonds. The van der Waals surface area contributed by atoms with Crippen molar-refractivity contribution in [2.75, 3.05) is 15.4 Å². The van der Waals surface area contributed by atoms with Crippen molar-refractivity contribution in [3.8, 4) is 0 Å².